The molecule has 4 heteroatoms. The minimum Gasteiger partial charge on any atom is -0.323 e. The van der Waals surface area contributed by atoms with E-state index in [4.69, 9.17) is 5.73 Å². The summed E-state index contributed by atoms with van der Waals surface area (Å²) in [4.78, 5) is 0. The molecule has 15 heavy (non-hydrogen) atoms. The van der Waals surface area contributed by atoms with E-state index in [0.29, 0.717) is 0 Å². The lowest BCUT2D eigenvalue weighted by Gasteiger charge is -2.12. The van der Waals surface area contributed by atoms with Gasteiger partial charge in [-0.25, -0.2) is 8.42 Å². The molecule has 0 bridgehead atoms. The molecular formula is C11H17NO2S. The Labute approximate surface area is 91.2 Å². The molecule has 1 atom stereocenters. The van der Waals surface area contributed by atoms with Gasteiger partial charge in [-0.3, -0.25) is 0 Å². The monoisotopic (exact) mass is 227 g/mol. The molecule has 1 aromatic rings. The van der Waals surface area contributed by atoms with E-state index < -0.39 is 15.9 Å². The van der Waals surface area contributed by atoms with Crippen molar-refractivity contribution >= 4 is 9.84 Å². The standard InChI is InChI=1S/C11H17NO2S/c1-8-4-9(2)6-10(5-8)11(12)7-15(3,13)14/h4-6,11H,7,12H2,1-3H3. The van der Waals surface area contributed by atoms with Crippen LogP contribution in [-0.2, 0) is 9.84 Å². The summed E-state index contributed by atoms with van der Waals surface area (Å²) in [5, 5.41) is 0. The van der Waals surface area contributed by atoms with Crippen LogP contribution in [0.25, 0.3) is 0 Å². The van der Waals surface area contributed by atoms with Gasteiger partial charge < -0.3 is 5.73 Å². The molecule has 0 saturated heterocycles. The van der Waals surface area contributed by atoms with Gasteiger partial charge in [0, 0.05) is 12.3 Å². The molecule has 1 rings (SSSR count). The molecule has 0 aromatic heterocycles. The highest BCUT2D eigenvalue weighted by atomic mass is 32.2. The van der Waals surface area contributed by atoms with Crippen LogP contribution in [0.3, 0.4) is 0 Å². The van der Waals surface area contributed by atoms with Crippen molar-refractivity contribution in [2.24, 2.45) is 5.73 Å². The molecule has 1 unspecified atom stereocenters. The molecule has 0 aliphatic heterocycles. The molecule has 0 spiro atoms. The Morgan fingerprint density at radius 3 is 2.07 bits per heavy atom. The number of rotatable bonds is 3. The second kappa shape index (κ2) is 4.33. The molecule has 1 aromatic carbocycles. The van der Waals surface area contributed by atoms with E-state index in [-0.39, 0.29) is 5.75 Å². The summed E-state index contributed by atoms with van der Waals surface area (Å²) >= 11 is 0. The molecule has 84 valence electrons. The Hall–Kier alpha value is -0.870. The van der Waals surface area contributed by atoms with Gasteiger partial charge in [-0.1, -0.05) is 29.3 Å². The van der Waals surface area contributed by atoms with E-state index >= 15 is 0 Å². The van der Waals surface area contributed by atoms with Crippen molar-refractivity contribution in [1.82, 2.24) is 0 Å². The van der Waals surface area contributed by atoms with Crippen LogP contribution < -0.4 is 5.73 Å². The summed E-state index contributed by atoms with van der Waals surface area (Å²) in [6.07, 6.45) is 1.20. The molecule has 0 radical (unpaired) electrons. The smallest absolute Gasteiger partial charge is 0.149 e. The first kappa shape index (κ1) is 12.2. The van der Waals surface area contributed by atoms with Crippen LogP contribution in [-0.4, -0.2) is 20.4 Å². The zero-order valence-electron chi connectivity index (χ0n) is 9.32. The summed E-state index contributed by atoms with van der Waals surface area (Å²) in [6, 6.07) is 5.47. The second-order valence-electron chi connectivity index (χ2n) is 4.12. The third-order valence-corrected chi connectivity index (χ3v) is 3.12. The van der Waals surface area contributed by atoms with E-state index in [1.807, 2.05) is 32.0 Å². The topological polar surface area (TPSA) is 60.2 Å². The summed E-state index contributed by atoms with van der Waals surface area (Å²) in [5.74, 6) is -0.00407. The van der Waals surface area contributed by atoms with Crippen LogP contribution in [0.5, 0.6) is 0 Å². The van der Waals surface area contributed by atoms with Crippen molar-refractivity contribution in [1.29, 1.82) is 0 Å². The minimum atomic E-state index is -3.02. The molecule has 0 amide bonds. The Kier molecular flexibility index (Phi) is 3.52. The Morgan fingerprint density at radius 1 is 1.20 bits per heavy atom. The highest BCUT2D eigenvalue weighted by Crippen LogP contribution is 2.16. The van der Waals surface area contributed by atoms with E-state index in [0.717, 1.165) is 16.7 Å². The van der Waals surface area contributed by atoms with Gasteiger partial charge in [-0.2, -0.15) is 0 Å². The number of benzene rings is 1. The van der Waals surface area contributed by atoms with Gasteiger partial charge in [0.2, 0.25) is 0 Å². The molecular weight excluding hydrogens is 210 g/mol. The minimum absolute atomic E-state index is 0.00407. The van der Waals surface area contributed by atoms with Crippen LogP contribution in [0, 0.1) is 13.8 Å². The van der Waals surface area contributed by atoms with Crippen LogP contribution in [0.4, 0.5) is 0 Å². The van der Waals surface area contributed by atoms with Crippen molar-refractivity contribution < 1.29 is 8.42 Å². The first-order chi connectivity index (χ1) is 6.78. The molecule has 0 aliphatic carbocycles. The van der Waals surface area contributed by atoms with Crippen LogP contribution in [0.15, 0.2) is 18.2 Å². The van der Waals surface area contributed by atoms with E-state index in [2.05, 4.69) is 0 Å². The maximum Gasteiger partial charge on any atom is 0.149 e. The fourth-order valence-corrected chi connectivity index (χ4v) is 2.49. The van der Waals surface area contributed by atoms with Crippen molar-refractivity contribution in [3.63, 3.8) is 0 Å². The predicted molar refractivity (Wildman–Crippen MR) is 62.6 cm³/mol. The van der Waals surface area contributed by atoms with Crippen molar-refractivity contribution in [2.45, 2.75) is 19.9 Å². The number of hydrogen-bond donors (Lipinski definition) is 1. The predicted octanol–water partition coefficient (Wildman–Crippen LogP) is 1.35. The van der Waals surface area contributed by atoms with Crippen molar-refractivity contribution in [3.8, 4) is 0 Å². The maximum atomic E-state index is 11.1. The summed E-state index contributed by atoms with van der Waals surface area (Å²) in [5.41, 5.74) is 8.94. The van der Waals surface area contributed by atoms with E-state index in [9.17, 15) is 8.42 Å². The largest absolute Gasteiger partial charge is 0.323 e. The zero-order chi connectivity index (χ0) is 11.6. The normalized spacial score (nSPS) is 13.9. The van der Waals surface area contributed by atoms with Crippen LogP contribution >= 0.6 is 0 Å². The molecule has 0 saturated carbocycles. The first-order valence-electron chi connectivity index (χ1n) is 4.79. The van der Waals surface area contributed by atoms with Gasteiger partial charge in [0.05, 0.1) is 5.75 Å². The first-order valence-corrected chi connectivity index (χ1v) is 6.85. The number of aryl methyl sites for hydroxylation is 2. The summed E-state index contributed by atoms with van der Waals surface area (Å²) in [6.45, 7) is 3.95. The van der Waals surface area contributed by atoms with Crippen LogP contribution in [0.2, 0.25) is 0 Å². The maximum absolute atomic E-state index is 11.1. The summed E-state index contributed by atoms with van der Waals surface area (Å²) in [7, 11) is -3.02. The lowest BCUT2D eigenvalue weighted by molar-refractivity contribution is 0.594. The van der Waals surface area contributed by atoms with Gasteiger partial charge in [0.15, 0.2) is 0 Å². The van der Waals surface area contributed by atoms with E-state index in [1.54, 1.807) is 0 Å². The second-order valence-corrected chi connectivity index (χ2v) is 6.30. The molecule has 0 fully saturated rings. The Balaban J connectivity index is 2.96. The average molecular weight is 227 g/mol. The van der Waals surface area contributed by atoms with Crippen molar-refractivity contribution in [3.05, 3.63) is 34.9 Å². The quantitative estimate of drug-likeness (QED) is 0.848. The van der Waals surface area contributed by atoms with Gasteiger partial charge in [0.1, 0.15) is 9.84 Å². The van der Waals surface area contributed by atoms with Gasteiger partial charge in [0.25, 0.3) is 0 Å². The number of hydrogen-bond acceptors (Lipinski definition) is 3. The lowest BCUT2D eigenvalue weighted by Crippen LogP contribution is -2.21. The molecule has 0 heterocycles. The third-order valence-electron chi connectivity index (χ3n) is 2.15. The highest BCUT2D eigenvalue weighted by Gasteiger charge is 2.13. The third kappa shape index (κ3) is 4.01. The fraction of sp³-hybridized carbons (Fsp3) is 0.455. The summed E-state index contributed by atoms with van der Waals surface area (Å²) < 4.78 is 22.2. The number of sulfone groups is 1. The molecule has 3 nitrogen and oxygen atoms in total. The molecule has 0 aliphatic rings. The Morgan fingerprint density at radius 2 is 1.67 bits per heavy atom. The van der Waals surface area contributed by atoms with Gasteiger partial charge in [-0.15, -0.1) is 0 Å². The van der Waals surface area contributed by atoms with Crippen molar-refractivity contribution in [2.75, 3.05) is 12.0 Å². The zero-order valence-corrected chi connectivity index (χ0v) is 10.1. The van der Waals surface area contributed by atoms with Gasteiger partial charge >= 0.3 is 0 Å². The SMILES string of the molecule is Cc1cc(C)cc(C(N)CS(C)(=O)=O)c1. The lowest BCUT2D eigenvalue weighted by atomic mass is 10.0. The highest BCUT2D eigenvalue weighted by molar-refractivity contribution is 7.90. The van der Waals surface area contributed by atoms with Gasteiger partial charge in [-0.05, 0) is 19.4 Å². The molecule has 2 N–H and O–H groups in total. The number of nitrogens with two attached hydrogens (primary N) is 1. The Bertz CT molecular complexity index is 431. The average Bonchev–Trinajstić information content (AvgIpc) is 1.98. The van der Waals surface area contributed by atoms with E-state index in [1.165, 1.54) is 6.26 Å². The fourth-order valence-electron chi connectivity index (χ4n) is 1.65. The van der Waals surface area contributed by atoms with Crippen LogP contribution in [0.1, 0.15) is 22.7 Å².